The van der Waals surface area contributed by atoms with Gasteiger partial charge in [-0.1, -0.05) is 12.1 Å². The van der Waals surface area contributed by atoms with Crippen molar-refractivity contribution in [2.45, 2.75) is 31.7 Å². The molecule has 19 heavy (non-hydrogen) atoms. The van der Waals surface area contributed by atoms with Crippen molar-refractivity contribution in [3.8, 4) is 0 Å². The van der Waals surface area contributed by atoms with Crippen molar-refractivity contribution >= 4 is 0 Å². The topological polar surface area (TPSA) is 15.3 Å². The van der Waals surface area contributed by atoms with Gasteiger partial charge in [0.2, 0.25) is 0 Å². The van der Waals surface area contributed by atoms with E-state index >= 15 is 0 Å². The van der Waals surface area contributed by atoms with Gasteiger partial charge in [0.05, 0.1) is 0 Å². The highest BCUT2D eigenvalue weighted by molar-refractivity contribution is 5.16. The van der Waals surface area contributed by atoms with Gasteiger partial charge in [-0.2, -0.15) is 0 Å². The van der Waals surface area contributed by atoms with E-state index < -0.39 is 0 Å². The molecule has 1 atom stereocenters. The van der Waals surface area contributed by atoms with E-state index in [9.17, 15) is 4.39 Å². The zero-order chi connectivity index (χ0) is 13.1. The Balaban J connectivity index is 1.53. The Labute approximate surface area is 115 Å². The monoisotopic (exact) mass is 262 g/mol. The molecule has 104 valence electrons. The molecule has 2 fully saturated rings. The van der Waals surface area contributed by atoms with E-state index in [1.54, 1.807) is 6.07 Å². The molecule has 0 aromatic heterocycles. The molecular weight excluding hydrogens is 239 g/mol. The number of rotatable bonds is 4. The van der Waals surface area contributed by atoms with Gasteiger partial charge < -0.3 is 10.2 Å². The lowest BCUT2D eigenvalue weighted by Crippen LogP contribution is -2.39. The SMILES string of the molecule is Fc1cccc(CCN2CCCNC(C3CC3)C2)c1. The average molecular weight is 262 g/mol. The minimum atomic E-state index is -0.120. The number of hydrogen-bond acceptors (Lipinski definition) is 2. The van der Waals surface area contributed by atoms with Crippen molar-refractivity contribution in [1.82, 2.24) is 10.2 Å². The Morgan fingerprint density at radius 2 is 2.21 bits per heavy atom. The number of nitrogens with zero attached hydrogens (tertiary/aromatic N) is 1. The van der Waals surface area contributed by atoms with Gasteiger partial charge in [0, 0.05) is 19.1 Å². The zero-order valence-electron chi connectivity index (χ0n) is 11.4. The van der Waals surface area contributed by atoms with E-state index in [1.807, 2.05) is 12.1 Å². The molecule has 0 amide bonds. The van der Waals surface area contributed by atoms with Gasteiger partial charge in [-0.25, -0.2) is 4.39 Å². The minimum Gasteiger partial charge on any atom is -0.312 e. The predicted octanol–water partition coefficient (Wildman–Crippen LogP) is 2.44. The van der Waals surface area contributed by atoms with Crippen molar-refractivity contribution < 1.29 is 4.39 Å². The summed E-state index contributed by atoms with van der Waals surface area (Å²) in [5, 5.41) is 3.68. The summed E-state index contributed by atoms with van der Waals surface area (Å²) in [6, 6.07) is 7.70. The van der Waals surface area contributed by atoms with E-state index in [0.29, 0.717) is 6.04 Å². The van der Waals surface area contributed by atoms with Crippen molar-refractivity contribution in [2.24, 2.45) is 5.92 Å². The molecule has 1 N–H and O–H groups in total. The fraction of sp³-hybridized carbons (Fsp3) is 0.625. The van der Waals surface area contributed by atoms with Gasteiger partial charge in [0.25, 0.3) is 0 Å². The highest BCUT2D eigenvalue weighted by Crippen LogP contribution is 2.33. The maximum atomic E-state index is 13.2. The van der Waals surface area contributed by atoms with E-state index in [4.69, 9.17) is 0 Å². The van der Waals surface area contributed by atoms with Crippen molar-refractivity contribution in [3.63, 3.8) is 0 Å². The fourth-order valence-electron chi connectivity index (χ4n) is 3.02. The second kappa shape index (κ2) is 6.02. The molecule has 1 aromatic carbocycles. The second-order valence-electron chi connectivity index (χ2n) is 5.93. The summed E-state index contributed by atoms with van der Waals surface area (Å²) in [6.45, 7) is 4.54. The summed E-state index contributed by atoms with van der Waals surface area (Å²) in [6.07, 6.45) is 4.98. The van der Waals surface area contributed by atoms with Crippen LogP contribution in [0.4, 0.5) is 4.39 Å². The fourth-order valence-corrected chi connectivity index (χ4v) is 3.02. The predicted molar refractivity (Wildman–Crippen MR) is 75.7 cm³/mol. The number of halogens is 1. The van der Waals surface area contributed by atoms with Crippen LogP contribution < -0.4 is 5.32 Å². The quantitative estimate of drug-likeness (QED) is 0.896. The maximum absolute atomic E-state index is 13.2. The molecule has 3 heteroatoms. The maximum Gasteiger partial charge on any atom is 0.123 e. The molecular formula is C16H23FN2. The first-order valence-corrected chi connectivity index (χ1v) is 7.51. The first-order chi connectivity index (χ1) is 9.31. The molecule has 2 nitrogen and oxygen atoms in total. The summed E-state index contributed by atoms with van der Waals surface area (Å²) in [5.41, 5.74) is 1.11. The van der Waals surface area contributed by atoms with E-state index in [1.165, 1.54) is 38.4 Å². The third-order valence-corrected chi connectivity index (χ3v) is 4.31. The van der Waals surface area contributed by atoms with Gasteiger partial charge in [-0.05, 0) is 62.4 Å². The first kappa shape index (κ1) is 13.1. The van der Waals surface area contributed by atoms with Gasteiger partial charge in [0.15, 0.2) is 0 Å². The molecule has 0 radical (unpaired) electrons. The van der Waals surface area contributed by atoms with Crippen LogP contribution in [0.1, 0.15) is 24.8 Å². The summed E-state index contributed by atoms with van der Waals surface area (Å²) < 4.78 is 13.2. The third-order valence-electron chi connectivity index (χ3n) is 4.31. The van der Waals surface area contributed by atoms with Crippen LogP contribution in [0.15, 0.2) is 24.3 Å². The van der Waals surface area contributed by atoms with E-state index in [-0.39, 0.29) is 5.82 Å². The number of benzene rings is 1. The lowest BCUT2D eigenvalue weighted by atomic mass is 10.1. The van der Waals surface area contributed by atoms with Crippen LogP contribution in [0.3, 0.4) is 0 Å². The lowest BCUT2D eigenvalue weighted by molar-refractivity contribution is 0.261. The van der Waals surface area contributed by atoms with Crippen molar-refractivity contribution in [1.29, 1.82) is 0 Å². The van der Waals surface area contributed by atoms with Crippen LogP contribution in [0.25, 0.3) is 0 Å². The molecule has 1 saturated carbocycles. The molecule has 1 aromatic rings. The van der Waals surface area contributed by atoms with Crippen LogP contribution in [-0.2, 0) is 6.42 Å². The normalized spacial score (nSPS) is 25.2. The van der Waals surface area contributed by atoms with Crippen LogP contribution in [0, 0.1) is 11.7 Å². The Morgan fingerprint density at radius 3 is 3.00 bits per heavy atom. The Bertz CT molecular complexity index is 417. The van der Waals surface area contributed by atoms with Gasteiger partial charge >= 0.3 is 0 Å². The molecule has 0 spiro atoms. The molecule has 1 unspecified atom stereocenters. The highest BCUT2D eigenvalue weighted by Gasteiger charge is 2.32. The molecule has 0 bridgehead atoms. The Morgan fingerprint density at radius 1 is 1.32 bits per heavy atom. The number of hydrogen-bond donors (Lipinski definition) is 1. The molecule has 2 aliphatic rings. The molecule has 1 saturated heterocycles. The molecule has 1 aliphatic carbocycles. The number of nitrogens with one attached hydrogen (secondary N) is 1. The van der Waals surface area contributed by atoms with E-state index in [0.717, 1.165) is 31.0 Å². The average Bonchev–Trinajstić information content (AvgIpc) is 3.23. The Hall–Kier alpha value is -0.930. The highest BCUT2D eigenvalue weighted by atomic mass is 19.1. The Kier molecular flexibility index (Phi) is 4.14. The smallest absolute Gasteiger partial charge is 0.123 e. The molecule has 1 heterocycles. The summed E-state index contributed by atoms with van der Waals surface area (Å²) >= 11 is 0. The standard InChI is InChI=1S/C16H23FN2/c17-15-4-1-3-13(11-15)7-10-19-9-2-8-18-16(12-19)14-5-6-14/h1,3-4,11,14,16,18H,2,5-10,12H2. The minimum absolute atomic E-state index is 0.120. The van der Waals surface area contributed by atoms with Crippen molar-refractivity contribution in [3.05, 3.63) is 35.6 Å². The second-order valence-corrected chi connectivity index (χ2v) is 5.93. The first-order valence-electron chi connectivity index (χ1n) is 7.51. The molecule has 3 rings (SSSR count). The lowest BCUT2D eigenvalue weighted by Gasteiger charge is -2.24. The van der Waals surface area contributed by atoms with Crippen LogP contribution in [-0.4, -0.2) is 37.1 Å². The van der Waals surface area contributed by atoms with Crippen LogP contribution in [0.5, 0.6) is 0 Å². The van der Waals surface area contributed by atoms with Gasteiger partial charge in [-0.15, -0.1) is 0 Å². The van der Waals surface area contributed by atoms with Gasteiger partial charge in [-0.3, -0.25) is 0 Å². The van der Waals surface area contributed by atoms with Crippen molar-refractivity contribution in [2.75, 3.05) is 26.2 Å². The summed E-state index contributed by atoms with van der Waals surface area (Å²) in [7, 11) is 0. The molecule has 1 aliphatic heterocycles. The van der Waals surface area contributed by atoms with Gasteiger partial charge in [0.1, 0.15) is 5.82 Å². The summed E-state index contributed by atoms with van der Waals surface area (Å²) in [4.78, 5) is 2.55. The largest absolute Gasteiger partial charge is 0.312 e. The summed E-state index contributed by atoms with van der Waals surface area (Å²) in [5.74, 6) is 0.792. The zero-order valence-corrected chi connectivity index (χ0v) is 11.4. The van der Waals surface area contributed by atoms with Crippen LogP contribution >= 0.6 is 0 Å². The van der Waals surface area contributed by atoms with E-state index in [2.05, 4.69) is 10.2 Å². The van der Waals surface area contributed by atoms with Crippen LogP contribution in [0.2, 0.25) is 0 Å². The third kappa shape index (κ3) is 3.77.